The first-order valence-electron chi connectivity index (χ1n) is 9.55. The highest BCUT2D eigenvalue weighted by atomic mass is 19.1. The molecule has 0 radical (unpaired) electrons. The van der Waals surface area contributed by atoms with Crippen molar-refractivity contribution in [2.75, 3.05) is 32.8 Å². The molecule has 1 atom stereocenters. The molecule has 0 bridgehead atoms. The fourth-order valence-corrected chi connectivity index (χ4v) is 3.50. The Morgan fingerprint density at radius 3 is 2.74 bits per heavy atom. The number of halogens is 1. The molecule has 5 nitrogen and oxygen atoms in total. The third-order valence-electron chi connectivity index (χ3n) is 5.02. The standard InChI is InChI=1S/C21H29FN4O/c1-17(2)7-9-25-11-10-24(16-21(25)8-12-27)14-18-13-23-26(15-18)20-5-3-19(22)4-6-20/h3-7,13,15,21,27H,8-12,14,16H2,1-2H3. The number of aromatic nitrogens is 2. The van der Waals surface area contributed by atoms with Crippen LogP contribution in [0.2, 0.25) is 0 Å². The zero-order valence-corrected chi connectivity index (χ0v) is 16.2. The SMILES string of the molecule is CC(C)=CCN1CCN(Cc2cnn(-c3ccc(F)cc3)c2)CC1CCO. The Balaban J connectivity index is 1.61. The molecule has 1 aliphatic rings. The normalized spacial score (nSPS) is 18.6. The van der Waals surface area contributed by atoms with E-state index in [2.05, 4.69) is 34.8 Å². The minimum absolute atomic E-state index is 0.215. The topological polar surface area (TPSA) is 44.5 Å². The Kier molecular flexibility index (Phi) is 6.77. The molecule has 1 aliphatic heterocycles. The maximum Gasteiger partial charge on any atom is 0.123 e. The molecule has 2 heterocycles. The average molecular weight is 372 g/mol. The van der Waals surface area contributed by atoms with Crippen LogP contribution < -0.4 is 0 Å². The molecule has 0 amide bonds. The molecule has 1 fully saturated rings. The molecule has 1 saturated heterocycles. The largest absolute Gasteiger partial charge is 0.396 e. The highest BCUT2D eigenvalue weighted by Crippen LogP contribution is 2.17. The van der Waals surface area contributed by atoms with E-state index in [1.807, 2.05) is 12.4 Å². The number of aliphatic hydroxyl groups excluding tert-OH is 1. The summed E-state index contributed by atoms with van der Waals surface area (Å²) in [5.41, 5.74) is 3.32. The van der Waals surface area contributed by atoms with Crippen molar-refractivity contribution in [3.8, 4) is 5.69 Å². The van der Waals surface area contributed by atoms with Crippen LogP contribution in [0.3, 0.4) is 0 Å². The van der Waals surface area contributed by atoms with Crippen LogP contribution in [0, 0.1) is 5.82 Å². The highest BCUT2D eigenvalue weighted by molar-refractivity contribution is 5.31. The van der Waals surface area contributed by atoms with E-state index in [1.165, 1.54) is 17.7 Å². The van der Waals surface area contributed by atoms with Gasteiger partial charge in [-0.1, -0.05) is 11.6 Å². The van der Waals surface area contributed by atoms with Gasteiger partial charge in [-0.3, -0.25) is 9.80 Å². The summed E-state index contributed by atoms with van der Waals surface area (Å²) in [5, 5.41) is 13.8. The van der Waals surface area contributed by atoms with Crippen molar-refractivity contribution in [1.29, 1.82) is 0 Å². The van der Waals surface area contributed by atoms with Crippen LogP contribution in [-0.2, 0) is 6.54 Å². The molecule has 27 heavy (non-hydrogen) atoms. The quantitative estimate of drug-likeness (QED) is 0.759. The molecule has 6 heteroatoms. The lowest BCUT2D eigenvalue weighted by atomic mass is 10.1. The van der Waals surface area contributed by atoms with E-state index in [0.29, 0.717) is 6.04 Å². The van der Waals surface area contributed by atoms with Crippen LogP contribution in [0.1, 0.15) is 25.8 Å². The smallest absolute Gasteiger partial charge is 0.123 e. The molecule has 0 saturated carbocycles. The summed E-state index contributed by atoms with van der Waals surface area (Å²) in [7, 11) is 0. The number of aliphatic hydroxyl groups is 1. The van der Waals surface area contributed by atoms with Gasteiger partial charge in [0.2, 0.25) is 0 Å². The first-order valence-corrected chi connectivity index (χ1v) is 9.55. The summed E-state index contributed by atoms with van der Waals surface area (Å²) >= 11 is 0. The minimum atomic E-state index is -0.243. The van der Waals surface area contributed by atoms with Crippen LogP contribution in [0.4, 0.5) is 4.39 Å². The number of hydrogen-bond acceptors (Lipinski definition) is 4. The number of nitrogens with zero attached hydrogens (tertiary/aromatic N) is 4. The van der Waals surface area contributed by atoms with Gasteiger partial charge >= 0.3 is 0 Å². The Bertz CT molecular complexity index is 752. The number of piperazine rings is 1. The number of benzene rings is 1. The van der Waals surface area contributed by atoms with E-state index in [1.54, 1.807) is 16.8 Å². The van der Waals surface area contributed by atoms with E-state index in [9.17, 15) is 9.50 Å². The molecule has 0 aliphatic carbocycles. The van der Waals surface area contributed by atoms with Crippen molar-refractivity contribution in [3.05, 3.63) is 59.7 Å². The van der Waals surface area contributed by atoms with Gasteiger partial charge in [0, 0.05) is 57.1 Å². The Labute approximate surface area is 160 Å². The lowest BCUT2D eigenvalue weighted by Crippen LogP contribution is -2.53. The third kappa shape index (κ3) is 5.48. The highest BCUT2D eigenvalue weighted by Gasteiger charge is 2.26. The first-order chi connectivity index (χ1) is 13.0. The summed E-state index contributed by atoms with van der Waals surface area (Å²) in [6.45, 7) is 9.18. The Morgan fingerprint density at radius 1 is 1.26 bits per heavy atom. The molecule has 0 spiro atoms. The first kappa shape index (κ1) is 19.7. The summed E-state index contributed by atoms with van der Waals surface area (Å²) in [4.78, 5) is 4.88. The van der Waals surface area contributed by atoms with Crippen LogP contribution in [0.5, 0.6) is 0 Å². The Hall–Kier alpha value is -2.02. The van der Waals surface area contributed by atoms with E-state index >= 15 is 0 Å². The van der Waals surface area contributed by atoms with Gasteiger partial charge in [-0.05, 0) is 44.5 Å². The van der Waals surface area contributed by atoms with Crippen molar-refractivity contribution in [1.82, 2.24) is 19.6 Å². The van der Waals surface area contributed by atoms with Crippen LogP contribution in [-0.4, -0.2) is 63.5 Å². The lowest BCUT2D eigenvalue weighted by Gasteiger charge is -2.41. The Morgan fingerprint density at radius 2 is 2.04 bits per heavy atom. The van der Waals surface area contributed by atoms with Crippen molar-refractivity contribution in [3.63, 3.8) is 0 Å². The van der Waals surface area contributed by atoms with Crippen molar-refractivity contribution >= 4 is 0 Å². The molecule has 2 aromatic rings. The summed E-state index contributed by atoms with van der Waals surface area (Å²) in [5.74, 6) is -0.243. The number of allylic oxidation sites excluding steroid dienone is 1. The van der Waals surface area contributed by atoms with Gasteiger partial charge in [0.15, 0.2) is 0 Å². The third-order valence-corrected chi connectivity index (χ3v) is 5.02. The molecular formula is C21H29FN4O. The molecule has 3 rings (SSSR count). The second-order valence-corrected chi connectivity index (χ2v) is 7.45. The summed E-state index contributed by atoms with van der Waals surface area (Å²) in [6, 6.07) is 6.71. The van der Waals surface area contributed by atoms with E-state index < -0.39 is 0 Å². The number of rotatable bonds is 7. The van der Waals surface area contributed by atoms with Crippen molar-refractivity contribution in [2.24, 2.45) is 0 Å². The fraction of sp³-hybridized carbons (Fsp3) is 0.476. The van der Waals surface area contributed by atoms with Crippen molar-refractivity contribution < 1.29 is 9.50 Å². The van der Waals surface area contributed by atoms with Gasteiger partial charge < -0.3 is 5.11 Å². The molecule has 146 valence electrons. The number of hydrogen-bond donors (Lipinski definition) is 1. The summed E-state index contributed by atoms with van der Waals surface area (Å²) < 4.78 is 14.9. The second-order valence-electron chi connectivity index (χ2n) is 7.45. The average Bonchev–Trinajstić information content (AvgIpc) is 3.10. The molecule has 1 unspecified atom stereocenters. The van der Waals surface area contributed by atoms with Gasteiger partial charge in [0.05, 0.1) is 11.9 Å². The van der Waals surface area contributed by atoms with Gasteiger partial charge in [0.1, 0.15) is 5.82 Å². The zero-order chi connectivity index (χ0) is 19.2. The molecule has 1 aromatic heterocycles. The lowest BCUT2D eigenvalue weighted by molar-refractivity contribution is 0.0636. The maximum atomic E-state index is 13.1. The summed E-state index contributed by atoms with van der Waals surface area (Å²) in [6.07, 6.45) is 6.93. The maximum absolute atomic E-state index is 13.1. The van der Waals surface area contributed by atoms with Crippen LogP contribution in [0.25, 0.3) is 5.69 Å². The molecule has 1 N–H and O–H groups in total. The monoisotopic (exact) mass is 372 g/mol. The van der Waals surface area contributed by atoms with Gasteiger partial charge in [-0.15, -0.1) is 0 Å². The van der Waals surface area contributed by atoms with Gasteiger partial charge in [-0.2, -0.15) is 5.10 Å². The van der Waals surface area contributed by atoms with E-state index in [0.717, 1.165) is 50.4 Å². The van der Waals surface area contributed by atoms with Crippen LogP contribution >= 0.6 is 0 Å². The predicted molar refractivity (Wildman–Crippen MR) is 105 cm³/mol. The van der Waals surface area contributed by atoms with Gasteiger partial charge in [0.25, 0.3) is 0 Å². The predicted octanol–water partition coefficient (Wildman–Crippen LogP) is 2.85. The molecule has 1 aromatic carbocycles. The van der Waals surface area contributed by atoms with Crippen LogP contribution in [0.15, 0.2) is 48.3 Å². The van der Waals surface area contributed by atoms with Gasteiger partial charge in [-0.25, -0.2) is 9.07 Å². The van der Waals surface area contributed by atoms with Crippen molar-refractivity contribution in [2.45, 2.75) is 32.9 Å². The van der Waals surface area contributed by atoms with E-state index in [4.69, 9.17) is 0 Å². The van der Waals surface area contributed by atoms with E-state index in [-0.39, 0.29) is 12.4 Å². The second kappa shape index (κ2) is 9.26. The molecular weight excluding hydrogens is 343 g/mol. The fourth-order valence-electron chi connectivity index (χ4n) is 3.50. The minimum Gasteiger partial charge on any atom is -0.396 e. The zero-order valence-electron chi connectivity index (χ0n) is 16.2.